The Bertz CT molecular complexity index is 478. The summed E-state index contributed by atoms with van der Waals surface area (Å²) in [6, 6.07) is 3.29. The molecule has 112 valence electrons. The van der Waals surface area contributed by atoms with Gasteiger partial charge in [-0.05, 0) is 11.6 Å². The first kappa shape index (κ1) is 15.2. The summed E-state index contributed by atoms with van der Waals surface area (Å²) in [6.07, 6.45) is -5.92. The molecule has 0 aromatic heterocycles. The number of aliphatic hydroxyl groups excluding tert-OH is 1. The number of benzene rings is 1. The van der Waals surface area contributed by atoms with Gasteiger partial charge in [-0.2, -0.15) is 13.2 Å². The SMILES string of the molecule is CO[C@H]1CN(Cc2cccc(F)c2C(F)(F)F)C[C@@H]1O. The highest BCUT2D eigenvalue weighted by atomic mass is 19.4. The third kappa shape index (κ3) is 3.11. The lowest BCUT2D eigenvalue weighted by Crippen LogP contribution is -2.25. The minimum atomic E-state index is -4.74. The first-order valence-corrected chi connectivity index (χ1v) is 6.10. The second-order valence-corrected chi connectivity index (χ2v) is 4.81. The van der Waals surface area contributed by atoms with E-state index >= 15 is 0 Å². The summed E-state index contributed by atoms with van der Waals surface area (Å²) >= 11 is 0. The van der Waals surface area contributed by atoms with Crippen LogP contribution in [0.2, 0.25) is 0 Å². The summed E-state index contributed by atoms with van der Waals surface area (Å²) in [5.41, 5.74) is -1.38. The van der Waals surface area contributed by atoms with E-state index in [0.717, 1.165) is 6.07 Å². The molecule has 1 aromatic rings. The number of hydrogen-bond acceptors (Lipinski definition) is 3. The molecular weight excluding hydrogens is 278 g/mol. The van der Waals surface area contributed by atoms with Gasteiger partial charge in [-0.3, -0.25) is 4.90 Å². The van der Waals surface area contributed by atoms with Crippen LogP contribution in [0.5, 0.6) is 0 Å². The summed E-state index contributed by atoms with van der Waals surface area (Å²) in [4.78, 5) is 1.61. The van der Waals surface area contributed by atoms with Crippen molar-refractivity contribution in [3.8, 4) is 0 Å². The van der Waals surface area contributed by atoms with E-state index in [1.807, 2.05) is 0 Å². The molecule has 0 radical (unpaired) electrons. The summed E-state index contributed by atoms with van der Waals surface area (Å²) < 4.78 is 57.1. The van der Waals surface area contributed by atoms with Gasteiger partial charge in [0.15, 0.2) is 0 Å². The van der Waals surface area contributed by atoms with Crippen molar-refractivity contribution >= 4 is 0 Å². The zero-order valence-electron chi connectivity index (χ0n) is 10.8. The molecule has 1 aliphatic rings. The molecule has 0 saturated carbocycles. The molecule has 0 spiro atoms. The van der Waals surface area contributed by atoms with Crippen LogP contribution in [0.4, 0.5) is 17.6 Å². The van der Waals surface area contributed by atoms with Crippen LogP contribution < -0.4 is 0 Å². The average molecular weight is 293 g/mol. The van der Waals surface area contributed by atoms with Crippen molar-refractivity contribution in [2.24, 2.45) is 0 Å². The van der Waals surface area contributed by atoms with Gasteiger partial charge in [0, 0.05) is 26.7 Å². The van der Waals surface area contributed by atoms with Crippen molar-refractivity contribution in [1.29, 1.82) is 0 Å². The average Bonchev–Trinajstić information content (AvgIpc) is 2.67. The molecule has 0 aliphatic carbocycles. The van der Waals surface area contributed by atoms with E-state index in [4.69, 9.17) is 4.74 Å². The Balaban J connectivity index is 2.21. The zero-order valence-corrected chi connectivity index (χ0v) is 10.8. The Morgan fingerprint density at radius 1 is 1.35 bits per heavy atom. The van der Waals surface area contributed by atoms with Crippen LogP contribution in [0.3, 0.4) is 0 Å². The highest BCUT2D eigenvalue weighted by molar-refractivity contribution is 5.31. The van der Waals surface area contributed by atoms with Crippen LogP contribution >= 0.6 is 0 Å². The molecule has 0 unspecified atom stereocenters. The molecule has 1 fully saturated rings. The number of alkyl halides is 3. The zero-order chi connectivity index (χ0) is 14.9. The first-order chi connectivity index (χ1) is 9.32. The molecule has 1 saturated heterocycles. The maximum atomic E-state index is 13.4. The van der Waals surface area contributed by atoms with Gasteiger partial charge in [0.05, 0.1) is 17.8 Å². The van der Waals surface area contributed by atoms with E-state index in [1.165, 1.54) is 19.2 Å². The molecule has 0 amide bonds. The van der Waals surface area contributed by atoms with Gasteiger partial charge in [0.1, 0.15) is 5.82 Å². The van der Waals surface area contributed by atoms with Crippen LogP contribution in [0.25, 0.3) is 0 Å². The Hall–Kier alpha value is -1.18. The lowest BCUT2D eigenvalue weighted by molar-refractivity contribution is -0.140. The van der Waals surface area contributed by atoms with Crippen LogP contribution in [-0.2, 0) is 17.5 Å². The smallest absolute Gasteiger partial charge is 0.389 e. The second-order valence-electron chi connectivity index (χ2n) is 4.81. The van der Waals surface area contributed by atoms with E-state index in [0.29, 0.717) is 6.54 Å². The topological polar surface area (TPSA) is 32.7 Å². The number of halogens is 4. The highest BCUT2D eigenvalue weighted by Crippen LogP contribution is 2.35. The van der Waals surface area contributed by atoms with Crippen LogP contribution in [0.15, 0.2) is 18.2 Å². The van der Waals surface area contributed by atoms with E-state index in [-0.39, 0.29) is 18.7 Å². The maximum Gasteiger partial charge on any atom is 0.419 e. The predicted octanol–water partition coefficient (Wildman–Crippen LogP) is 2.04. The Kier molecular flexibility index (Phi) is 4.31. The first-order valence-electron chi connectivity index (χ1n) is 6.10. The third-order valence-corrected chi connectivity index (χ3v) is 3.39. The Labute approximate surface area is 113 Å². The van der Waals surface area contributed by atoms with E-state index in [2.05, 4.69) is 0 Å². The van der Waals surface area contributed by atoms with Crippen molar-refractivity contribution in [3.63, 3.8) is 0 Å². The maximum absolute atomic E-state index is 13.4. The summed E-state index contributed by atoms with van der Waals surface area (Å²) in [7, 11) is 1.43. The van der Waals surface area contributed by atoms with Gasteiger partial charge in [-0.15, -0.1) is 0 Å². The largest absolute Gasteiger partial charge is 0.419 e. The molecule has 1 N–H and O–H groups in total. The fraction of sp³-hybridized carbons (Fsp3) is 0.538. The monoisotopic (exact) mass is 293 g/mol. The molecule has 1 heterocycles. The van der Waals surface area contributed by atoms with E-state index < -0.39 is 29.8 Å². The van der Waals surface area contributed by atoms with Gasteiger partial charge in [0.2, 0.25) is 0 Å². The van der Waals surface area contributed by atoms with Gasteiger partial charge in [0.25, 0.3) is 0 Å². The molecule has 2 atom stereocenters. The fourth-order valence-corrected chi connectivity index (χ4v) is 2.45. The van der Waals surface area contributed by atoms with Gasteiger partial charge in [-0.25, -0.2) is 4.39 Å². The van der Waals surface area contributed by atoms with Crippen LogP contribution in [0.1, 0.15) is 11.1 Å². The number of hydrogen-bond donors (Lipinski definition) is 1. The Morgan fingerprint density at radius 2 is 2.05 bits per heavy atom. The highest BCUT2D eigenvalue weighted by Gasteiger charge is 2.38. The van der Waals surface area contributed by atoms with Crippen molar-refractivity contribution < 1.29 is 27.4 Å². The molecule has 0 bridgehead atoms. The molecule has 1 aliphatic heterocycles. The lowest BCUT2D eigenvalue weighted by atomic mass is 10.1. The number of rotatable bonds is 3. The van der Waals surface area contributed by atoms with Crippen LogP contribution in [-0.4, -0.2) is 42.4 Å². The fourth-order valence-electron chi connectivity index (χ4n) is 2.45. The Morgan fingerprint density at radius 3 is 2.60 bits per heavy atom. The van der Waals surface area contributed by atoms with Crippen molar-refractivity contribution in [2.75, 3.05) is 20.2 Å². The molecule has 7 heteroatoms. The van der Waals surface area contributed by atoms with Gasteiger partial charge < -0.3 is 9.84 Å². The summed E-state index contributed by atoms with van der Waals surface area (Å²) in [5, 5.41) is 9.66. The van der Waals surface area contributed by atoms with Gasteiger partial charge >= 0.3 is 6.18 Å². The molecule has 2 rings (SSSR count). The second kappa shape index (κ2) is 5.67. The number of aliphatic hydroxyl groups is 1. The van der Waals surface area contributed by atoms with Crippen LogP contribution in [0, 0.1) is 5.82 Å². The number of β-amino-alcohol motifs (C(OH)–C–C–N with tert-alkyl or cyclic N) is 1. The quantitative estimate of drug-likeness (QED) is 0.866. The number of ether oxygens (including phenoxy) is 1. The standard InChI is InChI=1S/C13H15F4NO2/c1-20-11-7-18(6-10(11)19)5-8-3-2-4-9(14)12(8)13(15,16)17/h2-4,10-11,19H,5-7H2,1H3/t10-,11-/m0/s1. The lowest BCUT2D eigenvalue weighted by Gasteiger charge is -2.19. The number of likely N-dealkylation sites (tertiary alicyclic amines) is 1. The minimum absolute atomic E-state index is 0.0798. The molecular formula is C13H15F4NO2. The van der Waals surface area contributed by atoms with Crippen molar-refractivity contribution in [3.05, 3.63) is 35.1 Å². The predicted molar refractivity (Wildman–Crippen MR) is 63.5 cm³/mol. The van der Waals surface area contributed by atoms with E-state index in [9.17, 15) is 22.7 Å². The van der Waals surface area contributed by atoms with Gasteiger partial charge in [-0.1, -0.05) is 12.1 Å². The molecule has 3 nitrogen and oxygen atoms in total. The number of methoxy groups -OCH3 is 1. The van der Waals surface area contributed by atoms with Crippen molar-refractivity contribution in [2.45, 2.75) is 24.9 Å². The van der Waals surface area contributed by atoms with E-state index in [1.54, 1.807) is 4.90 Å². The number of nitrogens with zero attached hydrogens (tertiary/aromatic N) is 1. The molecule has 1 aromatic carbocycles. The third-order valence-electron chi connectivity index (χ3n) is 3.39. The normalized spacial score (nSPS) is 24.3. The summed E-state index contributed by atoms with van der Waals surface area (Å²) in [6.45, 7) is 0.432. The summed E-state index contributed by atoms with van der Waals surface area (Å²) in [5.74, 6) is -1.28. The minimum Gasteiger partial charge on any atom is -0.389 e. The van der Waals surface area contributed by atoms with Crippen molar-refractivity contribution in [1.82, 2.24) is 4.90 Å². The molecule has 20 heavy (non-hydrogen) atoms.